The Labute approximate surface area is 82.1 Å². The Morgan fingerprint density at radius 2 is 2.29 bits per heavy atom. The standard InChI is InChI=1S/C10H13N3O/c1-3-4-7-5-8(11)9-6(2)13-14-10(9)12-7/h5H,3-4H2,1-2H3,(H2,11,12). The molecule has 2 heterocycles. The molecule has 0 spiro atoms. The quantitative estimate of drug-likeness (QED) is 0.789. The van der Waals surface area contributed by atoms with E-state index in [0.717, 1.165) is 29.6 Å². The van der Waals surface area contributed by atoms with Gasteiger partial charge in [0, 0.05) is 11.4 Å². The summed E-state index contributed by atoms with van der Waals surface area (Å²) in [6, 6.07) is 1.90. The van der Waals surface area contributed by atoms with Crippen LogP contribution in [0.25, 0.3) is 11.1 Å². The Morgan fingerprint density at radius 1 is 1.50 bits per heavy atom. The minimum absolute atomic E-state index is 0.547. The van der Waals surface area contributed by atoms with Crippen LogP contribution < -0.4 is 5.73 Å². The maximum absolute atomic E-state index is 5.89. The van der Waals surface area contributed by atoms with Crippen molar-refractivity contribution in [3.63, 3.8) is 0 Å². The summed E-state index contributed by atoms with van der Waals surface area (Å²) in [6.45, 7) is 3.97. The summed E-state index contributed by atoms with van der Waals surface area (Å²) in [5.41, 5.74) is 8.91. The number of anilines is 1. The van der Waals surface area contributed by atoms with Crippen LogP contribution in [-0.2, 0) is 6.42 Å². The number of hydrogen-bond acceptors (Lipinski definition) is 4. The average Bonchev–Trinajstić information content (AvgIpc) is 2.48. The molecule has 2 aromatic rings. The molecular formula is C10H13N3O. The molecule has 0 aliphatic heterocycles. The van der Waals surface area contributed by atoms with E-state index in [1.54, 1.807) is 0 Å². The first kappa shape index (κ1) is 8.99. The smallest absolute Gasteiger partial charge is 0.260 e. The van der Waals surface area contributed by atoms with E-state index in [4.69, 9.17) is 10.3 Å². The lowest BCUT2D eigenvalue weighted by atomic mass is 10.2. The molecule has 2 aromatic heterocycles. The van der Waals surface area contributed by atoms with E-state index in [9.17, 15) is 0 Å². The van der Waals surface area contributed by atoms with E-state index in [0.29, 0.717) is 11.4 Å². The first-order chi connectivity index (χ1) is 6.72. The third-order valence-corrected chi connectivity index (χ3v) is 2.21. The third kappa shape index (κ3) is 1.32. The molecule has 0 saturated carbocycles. The Morgan fingerprint density at radius 3 is 3.00 bits per heavy atom. The maximum Gasteiger partial charge on any atom is 0.260 e. The van der Waals surface area contributed by atoms with Crippen molar-refractivity contribution in [1.82, 2.24) is 10.1 Å². The first-order valence-corrected chi connectivity index (χ1v) is 4.73. The molecule has 0 atom stereocenters. The highest BCUT2D eigenvalue weighted by molar-refractivity contribution is 5.88. The molecule has 0 fully saturated rings. The van der Waals surface area contributed by atoms with E-state index >= 15 is 0 Å². The summed E-state index contributed by atoms with van der Waals surface area (Å²) in [7, 11) is 0. The molecular weight excluding hydrogens is 178 g/mol. The first-order valence-electron chi connectivity index (χ1n) is 4.73. The van der Waals surface area contributed by atoms with Crippen LogP contribution in [0.5, 0.6) is 0 Å². The number of fused-ring (bicyclic) bond motifs is 1. The van der Waals surface area contributed by atoms with Crippen molar-refractivity contribution in [1.29, 1.82) is 0 Å². The van der Waals surface area contributed by atoms with Gasteiger partial charge in [-0.2, -0.15) is 0 Å². The van der Waals surface area contributed by atoms with Gasteiger partial charge in [-0.05, 0) is 19.4 Å². The maximum atomic E-state index is 5.89. The lowest BCUT2D eigenvalue weighted by molar-refractivity contribution is 0.442. The fraction of sp³-hybridized carbons (Fsp3) is 0.400. The van der Waals surface area contributed by atoms with Crippen LogP contribution in [0.1, 0.15) is 24.7 Å². The number of rotatable bonds is 2. The summed E-state index contributed by atoms with van der Waals surface area (Å²) in [4.78, 5) is 4.34. The van der Waals surface area contributed by atoms with Gasteiger partial charge in [-0.1, -0.05) is 18.5 Å². The second-order valence-corrected chi connectivity index (χ2v) is 3.40. The van der Waals surface area contributed by atoms with Crippen LogP contribution in [-0.4, -0.2) is 10.1 Å². The van der Waals surface area contributed by atoms with Crippen molar-refractivity contribution in [3.8, 4) is 0 Å². The van der Waals surface area contributed by atoms with Crippen LogP contribution >= 0.6 is 0 Å². The van der Waals surface area contributed by atoms with E-state index in [1.165, 1.54) is 0 Å². The third-order valence-electron chi connectivity index (χ3n) is 2.21. The van der Waals surface area contributed by atoms with Gasteiger partial charge in [0.1, 0.15) is 0 Å². The second-order valence-electron chi connectivity index (χ2n) is 3.40. The molecule has 0 aliphatic rings. The number of pyridine rings is 1. The van der Waals surface area contributed by atoms with E-state index in [2.05, 4.69) is 17.1 Å². The van der Waals surface area contributed by atoms with E-state index < -0.39 is 0 Å². The highest BCUT2D eigenvalue weighted by atomic mass is 16.5. The number of nitrogens with zero attached hydrogens (tertiary/aromatic N) is 2. The molecule has 0 unspecified atom stereocenters. The van der Waals surface area contributed by atoms with Crippen LogP contribution in [0.3, 0.4) is 0 Å². The summed E-state index contributed by atoms with van der Waals surface area (Å²) in [6.07, 6.45) is 1.96. The van der Waals surface area contributed by atoms with Crippen molar-refractivity contribution in [2.45, 2.75) is 26.7 Å². The minimum atomic E-state index is 0.547. The Balaban J connectivity index is 2.62. The fourth-order valence-corrected chi connectivity index (χ4v) is 1.57. The fourth-order valence-electron chi connectivity index (χ4n) is 1.57. The molecule has 0 amide bonds. The predicted molar refractivity (Wildman–Crippen MR) is 54.9 cm³/mol. The Bertz CT molecular complexity index is 462. The molecule has 0 aliphatic carbocycles. The highest BCUT2D eigenvalue weighted by Gasteiger charge is 2.10. The van der Waals surface area contributed by atoms with Crippen molar-refractivity contribution in [2.24, 2.45) is 0 Å². The largest absolute Gasteiger partial charge is 0.398 e. The van der Waals surface area contributed by atoms with Crippen LogP contribution in [0.4, 0.5) is 5.69 Å². The zero-order valence-electron chi connectivity index (χ0n) is 8.37. The Hall–Kier alpha value is -1.58. The molecule has 0 saturated heterocycles. The summed E-state index contributed by atoms with van der Waals surface area (Å²) in [5.74, 6) is 0. The number of aryl methyl sites for hydroxylation is 2. The van der Waals surface area contributed by atoms with E-state index in [-0.39, 0.29) is 0 Å². The van der Waals surface area contributed by atoms with Gasteiger partial charge in [0.2, 0.25) is 0 Å². The van der Waals surface area contributed by atoms with Gasteiger partial charge in [0.15, 0.2) is 0 Å². The molecule has 2 rings (SSSR count). The van der Waals surface area contributed by atoms with Gasteiger partial charge in [-0.15, -0.1) is 0 Å². The lowest BCUT2D eigenvalue weighted by Crippen LogP contribution is -1.94. The van der Waals surface area contributed by atoms with Gasteiger partial charge in [0.25, 0.3) is 5.71 Å². The molecule has 4 heteroatoms. The van der Waals surface area contributed by atoms with Crippen LogP contribution in [0.2, 0.25) is 0 Å². The second kappa shape index (κ2) is 3.29. The number of nitrogen functional groups attached to an aromatic ring is 1. The lowest BCUT2D eigenvalue weighted by Gasteiger charge is -2.00. The summed E-state index contributed by atoms with van der Waals surface area (Å²) < 4.78 is 5.08. The van der Waals surface area contributed by atoms with Crippen molar-refractivity contribution >= 4 is 16.8 Å². The van der Waals surface area contributed by atoms with Crippen molar-refractivity contribution < 1.29 is 4.52 Å². The molecule has 2 N–H and O–H groups in total. The van der Waals surface area contributed by atoms with Crippen LogP contribution in [0, 0.1) is 6.92 Å². The highest BCUT2D eigenvalue weighted by Crippen LogP contribution is 2.23. The van der Waals surface area contributed by atoms with Crippen LogP contribution in [0.15, 0.2) is 10.6 Å². The SMILES string of the molecule is CCCc1cc(N)c2c(C)noc2n1. The monoisotopic (exact) mass is 191 g/mol. The van der Waals surface area contributed by atoms with Gasteiger partial charge in [-0.25, -0.2) is 4.98 Å². The zero-order valence-corrected chi connectivity index (χ0v) is 8.37. The zero-order chi connectivity index (χ0) is 10.1. The Kier molecular flexibility index (Phi) is 2.11. The molecule has 74 valence electrons. The molecule has 14 heavy (non-hydrogen) atoms. The molecule has 0 bridgehead atoms. The normalized spacial score (nSPS) is 11.0. The molecule has 0 aromatic carbocycles. The van der Waals surface area contributed by atoms with Crippen molar-refractivity contribution in [3.05, 3.63) is 17.5 Å². The number of hydrogen-bond donors (Lipinski definition) is 1. The van der Waals surface area contributed by atoms with Gasteiger partial charge in [0.05, 0.1) is 11.1 Å². The van der Waals surface area contributed by atoms with Gasteiger partial charge in [-0.3, -0.25) is 0 Å². The topological polar surface area (TPSA) is 64.9 Å². The molecule has 4 nitrogen and oxygen atoms in total. The number of nitrogens with two attached hydrogens (primary N) is 1. The van der Waals surface area contributed by atoms with Gasteiger partial charge < -0.3 is 10.3 Å². The van der Waals surface area contributed by atoms with Crippen molar-refractivity contribution in [2.75, 3.05) is 5.73 Å². The number of aromatic nitrogens is 2. The molecule has 0 radical (unpaired) electrons. The minimum Gasteiger partial charge on any atom is -0.398 e. The summed E-state index contributed by atoms with van der Waals surface area (Å²) >= 11 is 0. The average molecular weight is 191 g/mol. The predicted octanol–water partition coefficient (Wildman–Crippen LogP) is 2.07. The summed E-state index contributed by atoms with van der Waals surface area (Å²) in [5, 5.41) is 4.68. The van der Waals surface area contributed by atoms with E-state index in [1.807, 2.05) is 13.0 Å². The van der Waals surface area contributed by atoms with Gasteiger partial charge >= 0.3 is 0 Å².